The SMILES string of the molecule is CC[O-].CC[O-].[Hf+4].c1ccc([Si]c2ccccc2)cc1.c1ccc2c(c1)[cH-]c1ccccc12.c1ccc2c(c1)[cH-]c1ccccc12. The van der Waals surface area contributed by atoms with Gasteiger partial charge in [0.05, 0.1) is 0 Å². The van der Waals surface area contributed by atoms with Gasteiger partial charge in [0.25, 0.3) is 0 Å². The van der Waals surface area contributed by atoms with Crippen LogP contribution in [0.4, 0.5) is 0 Å². The van der Waals surface area contributed by atoms with Crippen LogP contribution in [-0.2, 0) is 25.8 Å². The molecule has 0 aliphatic heterocycles. The van der Waals surface area contributed by atoms with Crippen LogP contribution in [-0.4, -0.2) is 22.7 Å². The van der Waals surface area contributed by atoms with Gasteiger partial charge in [0, 0.05) is 0 Å². The Kier molecular flexibility index (Phi) is 16.1. The van der Waals surface area contributed by atoms with Gasteiger partial charge >= 0.3 is 25.8 Å². The summed E-state index contributed by atoms with van der Waals surface area (Å²) in [5.41, 5.74) is 0. The molecular weight excluding hydrogens is 743 g/mol. The van der Waals surface area contributed by atoms with E-state index in [-0.39, 0.29) is 39.1 Å². The standard InChI is InChI=1S/2C13H9.C12H10Si.2C2H5O.Hf/c2*1-3-7-12-10(5-1)9-11-6-2-4-8-13(11)12;1-3-7-11(8-4-1)13-12-9-5-2-6-10-12;2*1-2-3;/h2*1-9H;1-10H;2*2H2,1H3;/q2*-1;;2*-1;+4. The first kappa shape index (κ1) is 36.5. The van der Waals surface area contributed by atoms with E-state index in [1.807, 2.05) is 0 Å². The van der Waals surface area contributed by atoms with Crippen LogP contribution in [0.1, 0.15) is 13.8 Å². The Bertz CT molecular complexity index is 1730. The predicted molar refractivity (Wildman–Crippen MR) is 193 cm³/mol. The fourth-order valence-corrected chi connectivity index (χ4v) is 6.07. The summed E-state index contributed by atoms with van der Waals surface area (Å²) in [5.74, 6) is 0. The van der Waals surface area contributed by atoms with Crippen molar-refractivity contribution in [2.75, 3.05) is 13.2 Å². The summed E-state index contributed by atoms with van der Waals surface area (Å²) in [6, 6.07) is 59.7. The molecule has 226 valence electrons. The van der Waals surface area contributed by atoms with Gasteiger partial charge in [-0.15, -0.1) is 92.7 Å². The third kappa shape index (κ3) is 10.6. The van der Waals surface area contributed by atoms with Crippen LogP contribution in [0.2, 0.25) is 0 Å². The summed E-state index contributed by atoms with van der Waals surface area (Å²) in [7, 11) is 0.777. The maximum absolute atomic E-state index is 8.93. The summed E-state index contributed by atoms with van der Waals surface area (Å²) in [6.45, 7) is 3.14. The Labute approximate surface area is 294 Å². The van der Waals surface area contributed by atoms with E-state index < -0.39 is 0 Å². The Morgan fingerprint density at radius 3 is 0.870 bits per heavy atom. The molecule has 0 aliphatic carbocycles. The van der Waals surface area contributed by atoms with E-state index >= 15 is 0 Å². The fourth-order valence-electron chi connectivity index (χ4n) is 5.02. The maximum Gasteiger partial charge on any atom is 4.00 e. The molecule has 8 aromatic carbocycles. The number of rotatable bonds is 2. The van der Waals surface area contributed by atoms with E-state index in [9.17, 15) is 0 Å². The van der Waals surface area contributed by atoms with Crippen molar-refractivity contribution in [3.8, 4) is 0 Å². The van der Waals surface area contributed by atoms with Crippen molar-refractivity contribution in [3.05, 3.63) is 170 Å². The third-order valence-corrected chi connectivity index (χ3v) is 8.13. The zero-order valence-electron chi connectivity index (χ0n) is 26.4. The number of benzene rings is 6. The molecular formula is C42H38HfO2Si. The molecule has 0 aromatic heterocycles. The molecule has 8 rings (SSSR count). The molecule has 0 saturated heterocycles. The van der Waals surface area contributed by atoms with E-state index in [0.29, 0.717) is 0 Å². The van der Waals surface area contributed by atoms with Crippen LogP contribution in [0.3, 0.4) is 0 Å². The molecule has 2 nitrogen and oxygen atoms in total. The number of hydrogen-bond acceptors (Lipinski definition) is 2. The fraction of sp³-hybridized carbons (Fsp3) is 0.0952. The minimum absolute atomic E-state index is 0. The van der Waals surface area contributed by atoms with Crippen molar-refractivity contribution in [3.63, 3.8) is 0 Å². The Balaban J connectivity index is 0.000000171. The number of hydrogen-bond donors (Lipinski definition) is 0. The average Bonchev–Trinajstić information content (AvgIpc) is 3.66. The van der Waals surface area contributed by atoms with Gasteiger partial charge in [-0.05, 0) is 0 Å². The van der Waals surface area contributed by atoms with Crippen molar-refractivity contribution in [1.82, 2.24) is 0 Å². The molecule has 0 saturated carbocycles. The van der Waals surface area contributed by atoms with Crippen LogP contribution in [0.5, 0.6) is 0 Å². The summed E-state index contributed by atoms with van der Waals surface area (Å²) < 4.78 is 0. The molecule has 4 heteroatoms. The summed E-state index contributed by atoms with van der Waals surface area (Å²) in [4.78, 5) is 0. The molecule has 0 aliphatic rings. The quantitative estimate of drug-likeness (QED) is 0.135. The first-order valence-electron chi connectivity index (χ1n) is 15.3. The molecule has 46 heavy (non-hydrogen) atoms. The predicted octanol–water partition coefficient (Wildman–Crippen LogP) is 7.50. The average molecular weight is 781 g/mol. The molecule has 0 unspecified atom stereocenters. The van der Waals surface area contributed by atoms with E-state index in [1.165, 1.54) is 53.5 Å². The van der Waals surface area contributed by atoms with E-state index in [1.54, 1.807) is 13.8 Å². The van der Waals surface area contributed by atoms with Crippen molar-refractivity contribution in [1.29, 1.82) is 0 Å². The van der Waals surface area contributed by atoms with E-state index in [0.717, 1.165) is 9.52 Å². The molecule has 8 aromatic rings. The van der Waals surface area contributed by atoms with Crippen molar-refractivity contribution in [2.24, 2.45) is 0 Å². The Hall–Kier alpha value is -3.93. The van der Waals surface area contributed by atoms with Gasteiger partial charge in [0.2, 0.25) is 0 Å². The van der Waals surface area contributed by atoms with Gasteiger partial charge in [0.15, 0.2) is 0 Å². The first-order chi connectivity index (χ1) is 22.2. The molecule has 0 spiro atoms. The van der Waals surface area contributed by atoms with Crippen LogP contribution in [0.15, 0.2) is 170 Å². The minimum atomic E-state index is 0. The zero-order chi connectivity index (χ0) is 31.7. The van der Waals surface area contributed by atoms with Crippen LogP contribution in [0.25, 0.3) is 43.1 Å². The third-order valence-electron chi connectivity index (χ3n) is 6.88. The van der Waals surface area contributed by atoms with Crippen LogP contribution in [0, 0.1) is 0 Å². The second-order valence-corrected chi connectivity index (χ2v) is 11.5. The zero-order valence-corrected chi connectivity index (χ0v) is 31.0. The summed E-state index contributed by atoms with van der Waals surface area (Å²) in [5, 5.41) is 31.4. The second kappa shape index (κ2) is 20.2. The summed E-state index contributed by atoms with van der Waals surface area (Å²) in [6.07, 6.45) is 0. The van der Waals surface area contributed by atoms with E-state index in [4.69, 9.17) is 10.2 Å². The molecule has 0 amide bonds. The molecule has 0 bridgehead atoms. The Morgan fingerprint density at radius 2 is 0.609 bits per heavy atom. The van der Waals surface area contributed by atoms with Crippen molar-refractivity contribution in [2.45, 2.75) is 13.8 Å². The van der Waals surface area contributed by atoms with Crippen molar-refractivity contribution < 1.29 is 36.1 Å². The molecule has 0 fully saturated rings. The largest absolute Gasteiger partial charge is 4.00 e. The second-order valence-electron chi connectivity index (χ2n) is 10.1. The van der Waals surface area contributed by atoms with E-state index in [2.05, 4.69) is 170 Å². The maximum atomic E-state index is 8.93. The smallest absolute Gasteiger partial charge is 0.855 e. The topological polar surface area (TPSA) is 46.1 Å². The van der Waals surface area contributed by atoms with Crippen LogP contribution < -0.4 is 20.6 Å². The first-order valence-corrected chi connectivity index (χ1v) is 16.3. The summed E-state index contributed by atoms with van der Waals surface area (Å²) >= 11 is 0. The van der Waals surface area contributed by atoms with Crippen molar-refractivity contribution >= 4 is 63.0 Å². The molecule has 2 radical (unpaired) electrons. The number of fused-ring (bicyclic) bond motifs is 6. The van der Waals surface area contributed by atoms with Gasteiger partial charge in [-0.3, -0.25) is 0 Å². The van der Waals surface area contributed by atoms with Gasteiger partial charge in [0.1, 0.15) is 9.52 Å². The van der Waals surface area contributed by atoms with Gasteiger partial charge in [-0.2, -0.15) is 0 Å². The molecule has 0 heterocycles. The Morgan fingerprint density at radius 1 is 0.391 bits per heavy atom. The molecule has 0 atom stereocenters. The monoisotopic (exact) mass is 782 g/mol. The van der Waals surface area contributed by atoms with Gasteiger partial charge in [-0.25, -0.2) is 0 Å². The normalized spacial score (nSPS) is 9.83. The van der Waals surface area contributed by atoms with Gasteiger partial charge < -0.3 is 10.2 Å². The minimum Gasteiger partial charge on any atom is -0.855 e. The van der Waals surface area contributed by atoms with Gasteiger partial charge in [-0.1, -0.05) is 158 Å². The molecule has 0 N–H and O–H groups in total. The van der Waals surface area contributed by atoms with Crippen LogP contribution >= 0.6 is 0 Å².